The Morgan fingerprint density at radius 3 is 3.07 bits per heavy atom. The van der Waals surface area contributed by atoms with Crippen LogP contribution in [0.4, 0.5) is 0 Å². The van der Waals surface area contributed by atoms with Crippen molar-refractivity contribution in [1.82, 2.24) is 10.2 Å². The number of nitrogens with zero attached hydrogens (tertiary/aromatic N) is 1. The summed E-state index contributed by atoms with van der Waals surface area (Å²) in [6, 6.07) is 0. The molecule has 1 atom stereocenters. The minimum atomic E-state index is 0.317. The maximum atomic E-state index is 11.7. The second-order valence-corrected chi connectivity index (χ2v) is 4.25. The molecule has 0 aromatic carbocycles. The number of amides is 1. The molecule has 1 unspecified atom stereocenters. The minimum absolute atomic E-state index is 0.317. The molecule has 1 rings (SSSR count). The van der Waals surface area contributed by atoms with E-state index in [2.05, 4.69) is 19.2 Å². The van der Waals surface area contributed by atoms with Gasteiger partial charge < -0.3 is 10.2 Å². The van der Waals surface area contributed by atoms with Crippen LogP contribution in [-0.2, 0) is 4.79 Å². The summed E-state index contributed by atoms with van der Waals surface area (Å²) in [5.41, 5.74) is 0. The van der Waals surface area contributed by atoms with Crippen LogP contribution in [0.15, 0.2) is 0 Å². The van der Waals surface area contributed by atoms with Crippen LogP contribution < -0.4 is 5.32 Å². The largest absolute Gasteiger partial charge is 0.342 e. The molecule has 1 aliphatic rings. The highest BCUT2D eigenvalue weighted by atomic mass is 16.2. The van der Waals surface area contributed by atoms with E-state index in [0.717, 1.165) is 39.0 Å². The van der Waals surface area contributed by atoms with Crippen LogP contribution in [0.5, 0.6) is 0 Å². The molecule has 3 nitrogen and oxygen atoms in total. The van der Waals surface area contributed by atoms with Crippen LogP contribution in [0.3, 0.4) is 0 Å². The van der Waals surface area contributed by atoms with Gasteiger partial charge in [0.2, 0.25) is 5.91 Å². The van der Waals surface area contributed by atoms with Gasteiger partial charge >= 0.3 is 0 Å². The Hall–Kier alpha value is -0.570. The van der Waals surface area contributed by atoms with Crippen molar-refractivity contribution >= 4 is 5.91 Å². The van der Waals surface area contributed by atoms with Gasteiger partial charge in [0.15, 0.2) is 0 Å². The normalized spacial score (nSPS) is 24.6. The quantitative estimate of drug-likeness (QED) is 0.740. The van der Waals surface area contributed by atoms with Crippen LogP contribution in [0, 0.1) is 5.92 Å². The number of unbranched alkanes of at least 4 members (excludes halogenated alkanes) is 1. The van der Waals surface area contributed by atoms with Crippen molar-refractivity contribution in [3.05, 3.63) is 0 Å². The Labute approximate surface area is 86.9 Å². The molecule has 0 spiro atoms. The average molecular weight is 198 g/mol. The molecule has 0 bridgehead atoms. The Morgan fingerprint density at radius 1 is 1.57 bits per heavy atom. The number of hydrogen-bond acceptors (Lipinski definition) is 2. The van der Waals surface area contributed by atoms with E-state index >= 15 is 0 Å². The fourth-order valence-corrected chi connectivity index (χ4v) is 1.81. The molecule has 0 saturated carbocycles. The van der Waals surface area contributed by atoms with Crippen molar-refractivity contribution in [2.75, 3.05) is 26.2 Å². The number of hydrogen-bond donors (Lipinski definition) is 1. The third kappa shape index (κ3) is 3.66. The van der Waals surface area contributed by atoms with Gasteiger partial charge in [0, 0.05) is 26.1 Å². The van der Waals surface area contributed by atoms with Crippen LogP contribution in [0.2, 0.25) is 0 Å². The van der Waals surface area contributed by atoms with E-state index in [1.165, 1.54) is 0 Å². The minimum Gasteiger partial charge on any atom is -0.342 e. The first-order valence-electron chi connectivity index (χ1n) is 5.72. The molecule has 0 aromatic heterocycles. The monoisotopic (exact) mass is 198 g/mol. The number of carbonyl (C=O) groups excluding carboxylic acids is 1. The highest BCUT2D eigenvalue weighted by Crippen LogP contribution is 2.06. The van der Waals surface area contributed by atoms with Gasteiger partial charge in [-0.2, -0.15) is 0 Å². The molecular weight excluding hydrogens is 176 g/mol. The van der Waals surface area contributed by atoms with E-state index in [0.29, 0.717) is 18.2 Å². The second-order valence-electron chi connectivity index (χ2n) is 4.25. The maximum absolute atomic E-state index is 11.7. The van der Waals surface area contributed by atoms with Crippen molar-refractivity contribution in [2.24, 2.45) is 5.92 Å². The first kappa shape index (κ1) is 11.5. The molecule has 0 radical (unpaired) electrons. The Kier molecular flexibility index (Phi) is 4.94. The van der Waals surface area contributed by atoms with Gasteiger partial charge in [-0.05, 0) is 18.9 Å². The number of nitrogens with one attached hydrogen (secondary N) is 1. The fourth-order valence-electron chi connectivity index (χ4n) is 1.81. The number of carbonyl (C=O) groups is 1. The lowest BCUT2D eigenvalue weighted by molar-refractivity contribution is -0.132. The predicted molar refractivity (Wildman–Crippen MR) is 58.1 cm³/mol. The molecule has 1 fully saturated rings. The van der Waals surface area contributed by atoms with Crippen molar-refractivity contribution in [1.29, 1.82) is 0 Å². The molecule has 1 heterocycles. The Morgan fingerprint density at radius 2 is 2.36 bits per heavy atom. The summed E-state index contributed by atoms with van der Waals surface area (Å²) in [6.45, 7) is 8.11. The summed E-state index contributed by atoms with van der Waals surface area (Å²) in [7, 11) is 0. The van der Waals surface area contributed by atoms with E-state index in [-0.39, 0.29) is 0 Å². The Balaban J connectivity index is 2.43. The molecule has 82 valence electrons. The van der Waals surface area contributed by atoms with Gasteiger partial charge in [-0.15, -0.1) is 0 Å². The van der Waals surface area contributed by atoms with Gasteiger partial charge in [0.05, 0.1) is 0 Å². The van der Waals surface area contributed by atoms with E-state index in [9.17, 15) is 4.79 Å². The molecule has 0 aromatic rings. The lowest BCUT2D eigenvalue weighted by Gasteiger charge is -2.28. The predicted octanol–water partition coefficient (Wildman–Crippen LogP) is 1.24. The molecule has 0 aliphatic carbocycles. The third-order valence-electron chi connectivity index (χ3n) is 2.67. The molecule has 1 amide bonds. The van der Waals surface area contributed by atoms with E-state index in [4.69, 9.17) is 0 Å². The zero-order valence-corrected chi connectivity index (χ0v) is 9.38. The molecule has 1 N–H and O–H groups in total. The van der Waals surface area contributed by atoms with Crippen LogP contribution in [0.1, 0.15) is 33.1 Å². The van der Waals surface area contributed by atoms with E-state index in [1.807, 2.05) is 4.90 Å². The Bertz CT molecular complexity index is 182. The first-order chi connectivity index (χ1) is 6.74. The highest BCUT2D eigenvalue weighted by Gasteiger charge is 2.17. The standard InChI is InChI=1S/C11H22N2O/c1-3-4-7-13-9-10(2)8-12-6-5-11(13)14/h10,12H,3-9H2,1-2H3. The SMILES string of the molecule is CCCCN1CC(C)CNCCC1=O. The number of rotatable bonds is 3. The smallest absolute Gasteiger partial charge is 0.223 e. The van der Waals surface area contributed by atoms with Gasteiger partial charge in [0.1, 0.15) is 0 Å². The molecule has 1 saturated heterocycles. The van der Waals surface area contributed by atoms with E-state index < -0.39 is 0 Å². The zero-order valence-electron chi connectivity index (χ0n) is 9.38. The van der Waals surface area contributed by atoms with Crippen molar-refractivity contribution < 1.29 is 4.79 Å². The third-order valence-corrected chi connectivity index (χ3v) is 2.67. The molecule has 1 aliphatic heterocycles. The summed E-state index contributed by atoms with van der Waals surface area (Å²) < 4.78 is 0. The molecule has 3 heteroatoms. The van der Waals surface area contributed by atoms with Crippen molar-refractivity contribution in [2.45, 2.75) is 33.1 Å². The summed E-state index contributed by atoms with van der Waals surface area (Å²) in [5.74, 6) is 0.897. The summed E-state index contributed by atoms with van der Waals surface area (Å²) >= 11 is 0. The van der Waals surface area contributed by atoms with Crippen molar-refractivity contribution in [3.8, 4) is 0 Å². The van der Waals surface area contributed by atoms with Crippen LogP contribution in [-0.4, -0.2) is 37.0 Å². The zero-order chi connectivity index (χ0) is 10.4. The molecular formula is C11H22N2O. The topological polar surface area (TPSA) is 32.3 Å². The van der Waals surface area contributed by atoms with Gasteiger partial charge in [-0.1, -0.05) is 20.3 Å². The van der Waals surface area contributed by atoms with Crippen molar-refractivity contribution in [3.63, 3.8) is 0 Å². The molecule has 14 heavy (non-hydrogen) atoms. The summed E-state index contributed by atoms with van der Waals surface area (Å²) in [6.07, 6.45) is 2.96. The average Bonchev–Trinajstić information content (AvgIpc) is 2.16. The van der Waals surface area contributed by atoms with E-state index in [1.54, 1.807) is 0 Å². The summed E-state index contributed by atoms with van der Waals surface area (Å²) in [4.78, 5) is 13.7. The first-order valence-corrected chi connectivity index (χ1v) is 5.72. The highest BCUT2D eigenvalue weighted by molar-refractivity contribution is 5.76. The van der Waals surface area contributed by atoms with Gasteiger partial charge in [-0.3, -0.25) is 4.79 Å². The van der Waals surface area contributed by atoms with Crippen LogP contribution in [0.25, 0.3) is 0 Å². The fraction of sp³-hybridized carbons (Fsp3) is 0.909. The van der Waals surface area contributed by atoms with Gasteiger partial charge in [-0.25, -0.2) is 0 Å². The van der Waals surface area contributed by atoms with Crippen LogP contribution >= 0.6 is 0 Å². The second kappa shape index (κ2) is 6.02. The lowest BCUT2D eigenvalue weighted by atomic mass is 10.1. The lowest BCUT2D eigenvalue weighted by Crippen LogP contribution is -2.42. The maximum Gasteiger partial charge on any atom is 0.223 e. The van der Waals surface area contributed by atoms with Gasteiger partial charge in [0.25, 0.3) is 0 Å². The summed E-state index contributed by atoms with van der Waals surface area (Å²) in [5, 5.41) is 3.30.